The molecule has 0 aliphatic heterocycles. The molecule has 1 rings (SSSR count). The molecule has 0 saturated heterocycles. The van der Waals surface area contributed by atoms with Crippen molar-refractivity contribution in [2.75, 3.05) is 0 Å². The Morgan fingerprint density at radius 2 is 1.92 bits per heavy atom. The maximum absolute atomic E-state index is 12.2. The Bertz CT molecular complexity index is 303. The summed E-state index contributed by atoms with van der Waals surface area (Å²) in [6.07, 6.45) is -4.35. The Morgan fingerprint density at radius 1 is 1.38 bits per heavy atom. The maximum Gasteiger partial charge on any atom is 0.408 e. The van der Waals surface area contributed by atoms with Gasteiger partial charge in [0.25, 0.3) is 0 Å². The molecule has 1 atom stereocenters. The van der Waals surface area contributed by atoms with Crippen molar-refractivity contribution in [1.82, 2.24) is 0 Å². The molecule has 5 heteroatoms. The maximum atomic E-state index is 12.2. The van der Waals surface area contributed by atoms with Crippen LogP contribution in [-0.2, 0) is 0 Å². The van der Waals surface area contributed by atoms with Crippen LogP contribution in [-0.4, -0.2) is 6.18 Å². The molecule has 74 valence electrons. The van der Waals surface area contributed by atoms with E-state index in [1.807, 2.05) is 0 Å². The van der Waals surface area contributed by atoms with Gasteiger partial charge >= 0.3 is 6.18 Å². The Kier molecular flexibility index (Phi) is 2.68. The van der Waals surface area contributed by atoms with Crippen LogP contribution < -0.4 is 5.73 Å². The number of nitrogens with two attached hydrogens (primary N) is 1. The lowest BCUT2D eigenvalue weighted by Crippen LogP contribution is -2.28. The van der Waals surface area contributed by atoms with Gasteiger partial charge < -0.3 is 5.73 Å². The molecule has 1 aromatic rings. The predicted octanol–water partition coefficient (Wildman–Crippen LogP) is 2.93. The lowest BCUT2D eigenvalue weighted by Gasteiger charge is -2.14. The summed E-state index contributed by atoms with van der Waals surface area (Å²) in [5.74, 6) is 0. The molecule has 0 fully saturated rings. The molecule has 1 aromatic heterocycles. The molecule has 0 aromatic carbocycles. The van der Waals surface area contributed by atoms with Crippen molar-refractivity contribution in [3.8, 4) is 0 Å². The first-order valence-electron chi connectivity index (χ1n) is 3.71. The third kappa shape index (κ3) is 2.22. The van der Waals surface area contributed by atoms with E-state index in [1.165, 1.54) is 0 Å². The number of thiophene rings is 1. The van der Waals surface area contributed by atoms with Crippen molar-refractivity contribution >= 4 is 11.3 Å². The first-order chi connectivity index (χ1) is 5.82. The molecule has 0 spiro atoms. The van der Waals surface area contributed by atoms with Gasteiger partial charge in [-0.15, -0.1) is 11.3 Å². The smallest absolute Gasteiger partial charge is 0.316 e. The fourth-order valence-electron chi connectivity index (χ4n) is 1.12. The quantitative estimate of drug-likeness (QED) is 0.756. The summed E-state index contributed by atoms with van der Waals surface area (Å²) in [6.45, 7) is 3.41. The summed E-state index contributed by atoms with van der Waals surface area (Å²) >= 11 is 1.10. The standard InChI is InChI=1S/C8H10F3NS/c1-4-3-5(2)13-6(4)7(12)8(9,10)11/h3,7H,12H2,1-2H3. The van der Waals surface area contributed by atoms with Crippen LogP contribution in [0, 0.1) is 13.8 Å². The van der Waals surface area contributed by atoms with Crippen LogP contribution in [0.5, 0.6) is 0 Å². The highest BCUT2D eigenvalue weighted by Crippen LogP contribution is 2.36. The fourth-order valence-corrected chi connectivity index (χ4v) is 2.18. The van der Waals surface area contributed by atoms with Gasteiger partial charge in [-0.3, -0.25) is 0 Å². The van der Waals surface area contributed by atoms with Crippen molar-refractivity contribution in [3.05, 3.63) is 21.4 Å². The van der Waals surface area contributed by atoms with Crippen LogP contribution >= 0.6 is 11.3 Å². The zero-order chi connectivity index (χ0) is 10.2. The molecule has 0 aliphatic rings. The zero-order valence-corrected chi connectivity index (χ0v) is 8.09. The molecule has 1 nitrogen and oxygen atoms in total. The van der Waals surface area contributed by atoms with E-state index in [0.717, 1.165) is 16.2 Å². The summed E-state index contributed by atoms with van der Waals surface area (Å²) < 4.78 is 36.6. The Labute approximate surface area is 78.4 Å². The second kappa shape index (κ2) is 3.31. The van der Waals surface area contributed by atoms with E-state index in [2.05, 4.69) is 0 Å². The summed E-state index contributed by atoms with van der Waals surface area (Å²) in [5.41, 5.74) is 5.69. The number of alkyl halides is 3. The number of hydrogen-bond donors (Lipinski definition) is 1. The van der Waals surface area contributed by atoms with E-state index in [0.29, 0.717) is 5.56 Å². The summed E-state index contributed by atoms with van der Waals surface area (Å²) in [4.78, 5) is 1.07. The molecule has 1 unspecified atom stereocenters. The average molecular weight is 209 g/mol. The fraction of sp³-hybridized carbons (Fsp3) is 0.500. The van der Waals surface area contributed by atoms with Gasteiger partial charge in [0.05, 0.1) is 0 Å². The van der Waals surface area contributed by atoms with Gasteiger partial charge in [-0.05, 0) is 25.5 Å². The van der Waals surface area contributed by atoms with Crippen LogP contribution in [0.2, 0.25) is 0 Å². The van der Waals surface area contributed by atoms with Gasteiger partial charge in [-0.2, -0.15) is 13.2 Å². The number of rotatable bonds is 1. The van der Waals surface area contributed by atoms with E-state index in [4.69, 9.17) is 5.73 Å². The SMILES string of the molecule is Cc1cc(C)c(C(N)C(F)(F)F)s1. The number of hydrogen-bond acceptors (Lipinski definition) is 2. The van der Waals surface area contributed by atoms with Crippen molar-refractivity contribution in [1.29, 1.82) is 0 Å². The molecular weight excluding hydrogens is 199 g/mol. The van der Waals surface area contributed by atoms with Crippen molar-refractivity contribution < 1.29 is 13.2 Å². The van der Waals surface area contributed by atoms with Gasteiger partial charge in [0.15, 0.2) is 0 Å². The molecule has 0 bridgehead atoms. The highest BCUT2D eigenvalue weighted by atomic mass is 32.1. The topological polar surface area (TPSA) is 26.0 Å². The van der Waals surface area contributed by atoms with Gasteiger partial charge in [0.1, 0.15) is 6.04 Å². The number of aryl methyl sites for hydroxylation is 2. The Hall–Kier alpha value is -0.550. The molecule has 0 aliphatic carbocycles. The Morgan fingerprint density at radius 3 is 2.23 bits per heavy atom. The second-order valence-electron chi connectivity index (χ2n) is 2.92. The van der Waals surface area contributed by atoms with Crippen LogP contribution in [0.15, 0.2) is 6.07 Å². The van der Waals surface area contributed by atoms with E-state index >= 15 is 0 Å². The second-order valence-corrected chi connectivity index (χ2v) is 4.21. The van der Waals surface area contributed by atoms with Gasteiger partial charge in [-0.1, -0.05) is 0 Å². The third-order valence-electron chi connectivity index (χ3n) is 1.71. The molecule has 0 saturated carbocycles. The monoisotopic (exact) mass is 209 g/mol. The average Bonchev–Trinajstić information content (AvgIpc) is 2.26. The molecule has 0 amide bonds. The predicted molar refractivity (Wildman–Crippen MR) is 46.8 cm³/mol. The van der Waals surface area contributed by atoms with Crippen LogP contribution in [0.4, 0.5) is 13.2 Å². The summed E-state index contributed by atoms with van der Waals surface area (Å²) in [5, 5.41) is 0. The number of halogens is 3. The normalized spacial score (nSPS) is 14.6. The first-order valence-corrected chi connectivity index (χ1v) is 4.53. The summed E-state index contributed by atoms with van der Waals surface area (Å²) in [7, 11) is 0. The van der Waals surface area contributed by atoms with E-state index in [1.54, 1.807) is 19.9 Å². The lowest BCUT2D eigenvalue weighted by molar-refractivity contribution is -0.148. The van der Waals surface area contributed by atoms with Crippen LogP contribution in [0.1, 0.15) is 21.4 Å². The third-order valence-corrected chi connectivity index (χ3v) is 2.95. The molecular formula is C8H10F3NS. The largest absolute Gasteiger partial charge is 0.408 e. The molecule has 2 N–H and O–H groups in total. The highest BCUT2D eigenvalue weighted by molar-refractivity contribution is 7.12. The highest BCUT2D eigenvalue weighted by Gasteiger charge is 2.39. The summed E-state index contributed by atoms with van der Waals surface area (Å²) in [6, 6.07) is -0.128. The van der Waals surface area contributed by atoms with Gasteiger partial charge in [0, 0.05) is 9.75 Å². The lowest BCUT2D eigenvalue weighted by atomic mass is 10.1. The molecule has 13 heavy (non-hydrogen) atoms. The minimum atomic E-state index is -4.35. The van der Waals surface area contributed by atoms with E-state index in [-0.39, 0.29) is 4.88 Å². The van der Waals surface area contributed by atoms with Crippen LogP contribution in [0.25, 0.3) is 0 Å². The minimum Gasteiger partial charge on any atom is -0.316 e. The van der Waals surface area contributed by atoms with Crippen molar-refractivity contribution in [3.63, 3.8) is 0 Å². The van der Waals surface area contributed by atoms with E-state index in [9.17, 15) is 13.2 Å². The zero-order valence-electron chi connectivity index (χ0n) is 7.27. The van der Waals surface area contributed by atoms with Crippen molar-refractivity contribution in [2.24, 2.45) is 5.73 Å². The van der Waals surface area contributed by atoms with Crippen molar-refractivity contribution in [2.45, 2.75) is 26.1 Å². The van der Waals surface area contributed by atoms with Gasteiger partial charge in [-0.25, -0.2) is 0 Å². The minimum absolute atomic E-state index is 0.213. The molecule has 0 radical (unpaired) electrons. The Balaban J connectivity index is 3.01. The first kappa shape index (κ1) is 10.5. The molecule has 1 heterocycles. The van der Waals surface area contributed by atoms with Crippen LogP contribution in [0.3, 0.4) is 0 Å². The van der Waals surface area contributed by atoms with E-state index < -0.39 is 12.2 Å². The van der Waals surface area contributed by atoms with Gasteiger partial charge in [0.2, 0.25) is 0 Å².